The van der Waals surface area contributed by atoms with Crippen LogP contribution in [0.4, 0.5) is 0 Å². The van der Waals surface area contributed by atoms with Crippen molar-refractivity contribution in [3.63, 3.8) is 0 Å². The van der Waals surface area contributed by atoms with Gasteiger partial charge in [-0.15, -0.1) is 0 Å². The van der Waals surface area contributed by atoms with E-state index in [0.717, 1.165) is 16.7 Å². The van der Waals surface area contributed by atoms with Crippen LogP contribution in [-0.4, -0.2) is 82.1 Å². The predicted octanol–water partition coefficient (Wildman–Crippen LogP) is 4.54. The number of unbranched alkanes of at least 4 members (excludes halogenated alkanes) is 1. The second-order valence-corrected chi connectivity index (χ2v) is 10.9. The number of phenolic OH excluding ortho intramolecular Hbond substituents is 3. The van der Waals surface area contributed by atoms with Gasteiger partial charge < -0.3 is 36.2 Å². The summed E-state index contributed by atoms with van der Waals surface area (Å²) in [7, 11) is 0. The highest BCUT2D eigenvalue weighted by Gasteiger charge is 2.13. The fourth-order valence-electron chi connectivity index (χ4n) is 4.57. The number of phenols is 3. The maximum atomic E-state index is 13.2. The van der Waals surface area contributed by atoms with Crippen LogP contribution in [0.25, 0.3) is 18.2 Å². The van der Waals surface area contributed by atoms with E-state index in [4.69, 9.17) is 5.73 Å². The van der Waals surface area contributed by atoms with Gasteiger partial charge in [-0.1, -0.05) is 36.4 Å². The van der Waals surface area contributed by atoms with Crippen molar-refractivity contribution in [3.05, 3.63) is 108 Å². The maximum absolute atomic E-state index is 13.2. The third kappa shape index (κ3) is 14.1. The molecule has 0 bridgehead atoms. The van der Waals surface area contributed by atoms with Crippen LogP contribution in [0.1, 0.15) is 42.4 Å². The second-order valence-electron chi connectivity index (χ2n) is 10.9. The first kappa shape index (κ1) is 36.1. The Labute approximate surface area is 276 Å². The summed E-state index contributed by atoms with van der Waals surface area (Å²) in [6, 6.07) is 19.6. The lowest BCUT2D eigenvalue weighted by atomic mass is 10.2. The number of hydrogen-bond acceptors (Lipinski definition) is 7. The summed E-state index contributed by atoms with van der Waals surface area (Å²) < 4.78 is 0. The molecule has 0 aliphatic rings. The first-order valence-electron chi connectivity index (χ1n) is 15.7. The highest BCUT2D eigenvalue weighted by molar-refractivity contribution is 5.93. The van der Waals surface area contributed by atoms with Crippen molar-refractivity contribution in [1.29, 1.82) is 0 Å². The summed E-state index contributed by atoms with van der Waals surface area (Å²) in [4.78, 5) is 41.9. The Bertz CT molecular complexity index is 1500. The van der Waals surface area contributed by atoms with E-state index in [1.54, 1.807) is 101 Å². The predicted molar refractivity (Wildman–Crippen MR) is 185 cm³/mol. The molecule has 248 valence electrons. The molecule has 0 aliphatic carbocycles. The van der Waals surface area contributed by atoms with Crippen LogP contribution in [0.15, 0.2) is 91.0 Å². The van der Waals surface area contributed by atoms with E-state index in [9.17, 15) is 29.7 Å². The molecular weight excluding hydrogens is 596 g/mol. The van der Waals surface area contributed by atoms with Crippen molar-refractivity contribution in [1.82, 2.24) is 15.1 Å². The SMILES string of the molecule is NCCCN(CCCCN(CCCNC(=O)/C=C/c1ccc(O)cc1)C(=O)/C=C/c1ccc(O)cc1)C(=O)/C=C/c1ccc(O)cc1. The van der Waals surface area contributed by atoms with Crippen LogP contribution in [0.2, 0.25) is 0 Å². The first-order valence-corrected chi connectivity index (χ1v) is 15.7. The van der Waals surface area contributed by atoms with E-state index >= 15 is 0 Å². The molecule has 0 saturated carbocycles. The summed E-state index contributed by atoms with van der Waals surface area (Å²) in [5, 5.41) is 31.2. The molecule has 0 radical (unpaired) electrons. The van der Waals surface area contributed by atoms with Gasteiger partial charge in [-0.05, 0) is 104 Å². The Kier molecular flexibility index (Phi) is 15.3. The normalized spacial score (nSPS) is 11.3. The van der Waals surface area contributed by atoms with Crippen LogP contribution in [-0.2, 0) is 14.4 Å². The van der Waals surface area contributed by atoms with Crippen LogP contribution in [0.3, 0.4) is 0 Å². The van der Waals surface area contributed by atoms with Gasteiger partial charge in [-0.25, -0.2) is 0 Å². The molecule has 0 saturated heterocycles. The number of hydrogen-bond donors (Lipinski definition) is 5. The lowest BCUT2D eigenvalue weighted by molar-refractivity contribution is -0.127. The van der Waals surface area contributed by atoms with Crippen LogP contribution < -0.4 is 11.1 Å². The molecule has 3 rings (SSSR count). The van der Waals surface area contributed by atoms with Crippen molar-refractivity contribution in [2.24, 2.45) is 5.73 Å². The Morgan fingerprint density at radius 2 is 0.915 bits per heavy atom. The molecule has 0 aliphatic heterocycles. The fraction of sp³-hybridized carbons (Fsp3) is 0.270. The highest BCUT2D eigenvalue weighted by atomic mass is 16.3. The van der Waals surface area contributed by atoms with Gasteiger partial charge >= 0.3 is 0 Å². The lowest BCUT2D eigenvalue weighted by Crippen LogP contribution is -2.35. The minimum Gasteiger partial charge on any atom is -0.508 e. The monoisotopic (exact) mass is 640 g/mol. The van der Waals surface area contributed by atoms with Gasteiger partial charge in [0.1, 0.15) is 17.2 Å². The zero-order valence-electron chi connectivity index (χ0n) is 26.5. The van der Waals surface area contributed by atoms with Crippen molar-refractivity contribution >= 4 is 35.9 Å². The molecular formula is C37H44N4O6. The summed E-state index contributed by atoms with van der Waals surface area (Å²) in [6.45, 7) is 2.76. The largest absolute Gasteiger partial charge is 0.508 e. The van der Waals surface area contributed by atoms with Gasteiger partial charge in [-0.2, -0.15) is 0 Å². The molecule has 0 atom stereocenters. The Morgan fingerprint density at radius 3 is 1.32 bits per heavy atom. The summed E-state index contributed by atoms with van der Waals surface area (Å²) in [5.74, 6) is -0.115. The number of aromatic hydroxyl groups is 3. The molecule has 0 heterocycles. The quantitative estimate of drug-likeness (QED) is 0.101. The maximum Gasteiger partial charge on any atom is 0.246 e. The highest BCUT2D eigenvalue weighted by Crippen LogP contribution is 2.13. The van der Waals surface area contributed by atoms with E-state index in [0.29, 0.717) is 65.0 Å². The van der Waals surface area contributed by atoms with Gasteiger partial charge in [0.25, 0.3) is 0 Å². The summed E-state index contributed by atoms with van der Waals surface area (Å²) >= 11 is 0. The minimum absolute atomic E-state index is 0.133. The van der Waals surface area contributed by atoms with E-state index in [1.807, 2.05) is 0 Å². The number of nitrogens with zero attached hydrogens (tertiary/aromatic N) is 2. The average molecular weight is 641 g/mol. The van der Waals surface area contributed by atoms with Gasteiger partial charge in [0.15, 0.2) is 0 Å². The van der Waals surface area contributed by atoms with Gasteiger partial charge in [0.05, 0.1) is 0 Å². The molecule has 47 heavy (non-hydrogen) atoms. The molecule has 10 heteroatoms. The molecule has 3 aromatic rings. The Morgan fingerprint density at radius 1 is 0.553 bits per heavy atom. The molecule has 0 fully saturated rings. The number of nitrogens with one attached hydrogen (secondary N) is 1. The lowest BCUT2D eigenvalue weighted by Gasteiger charge is -2.24. The van der Waals surface area contributed by atoms with Crippen LogP contribution >= 0.6 is 0 Å². The third-order valence-electron chi connectivity index (χ3n) is 7.21. The van der Waals surface area contributed by atoms with Crippen molar-refractivity contribution in [3.8, 4) is 17.2 Å². The number of rotatable bonds is 18. The minimum atomic E-state index is -0.259. The molecule has 6 N–H and O–H groups in total. The number of nitrogens with two attached hydrogens (primary N) is 1. The van der Waals surface area contributed by atoms with E-state index in [-0.39, 0.29) is 35.0 Å². The van der Waals surface area contributed by atoms with Crippen molar-refractivity contribution < 1.29 is 29.7 Å². The zero-order chi connectivity index (χ0) is 33.9. The van der Waals surface area contributed by atoms with E-state index in [1.165, 1.54) is 18.2 Å². The molecule has 3 aromatic carbocycles. The molecule has 10 nitrogen and oxygen atoms in total. The third-order valence-corrected chi connectivity index (χ3v) is 7.21. The topological polar surface area (TPSA) is 156 Å². The smallest absolute Gasteiger partial charge is 0.246 e. The molecule has 0 spiro atoms. The van der Waals surface area contributed by atoms with Gasteiger partial charge in [-0.3, -0.25) is 14.4 Å². The fourth-order valence-corrected chi connectivity index (χ4v) is 4.57. The molecule has 0 unspecified atom stereocenters. The van der Waals surface area contributed by atoms with Gasteiger partial charge in [0, 0.05) is 51.0 Å². The number of carbonyl (C=O) groups excluding carboxylic acids is 3. The number of carbonyl (C=O) groups is 3. The molecule has 0 aromatic heterocycles. The second kappa shape index (κ2) is 19.9. The number of benzene rings is 3. The summed E-state index contributed by atoms with van der Waals surface area (Å²) in [5.41, 5.74) is 8.07. The average Bonchev–Trinajstić information content (AvgIpc) is 3.07. The van der Waals surface area contributed by atoms with Crippen LogP contribution in [0, 0.1) is 0 Å². The van der Waals surface area contributed by atoms with E-state index < -0.39 is 0 Å². The Balaban J connectivity index is 1.54. The zero-order valence-corrected chi connectivity index (χ0v) is 26.5. The molecule has 3 amide bonds. The number of amides is 3. The van der Waals surface area contributed by atoms with Gasteiger partial charge in [0.2, 0.25) is 17.7 Å². The van der Waals surface area contributed by atoms with Crippen molar-refractivity contribution in [2.45, 2.75) is 25.7 Å². The summed E-state index contributed by atoms with van der Waals surface area (Å²) in [6.07, 6.45) is 12.0. The van der Waals surface area contributed by atoms with E-state index in [2.05, 4.69) is 5.32 Å². The standard InChI is InChI=1S/C37H44N4O6/c38-23-3-27-40(36(46)21-12-30-7-16-33(43)17-8-30)25-1-2-26-41(37(47)22-13-31-9-18-34(44)19-10-31)28-4-24-39-35(45)20-11-29-5-14-32(42)15-6-29/h5-22,42-44H,1-4,23-28,38H2,(H,39,45)/b20-11+,21-12+,22-13+. The van der Waals surface area contributed by atoms with Crippen LogP contribution in [0.5, 0.6) is 17.2 Å². The first-order chi connectivity index (χ1) is 22.7. The Hall–Kier alpha value is -5.35. The van der Waals surface area contributed by atoms with Crippen molar-refractivity contribution in [2.75, 3.05) is 39.3 Å².